The smallest absolute Gasteiger partial charge is 0.433 e. The van der Waals surface area contributed by atoms with Crippen LogP contribution in [0.1, 0.15) is 42.9 Å². The van der Waals surface area contributed by atoms with E-state index < -0.39 is 81.9 Å². The van der Waals surface area contributed by atoms with Gasteiger partial charge in [-0.3, -0.25) is 0 Å². The van der Waals surface area contributed by atoms with Crippen molar-refractivity contribution in [3.8, 4) is 11.5 Å². The first-order valence-electron chi connectivity index (χ1n) is 11.5. The number of halogens is 10. The summed E-state index contributed by atoms with van der Waals surface area (Å²) in [6.45, 7) is 0.420. The van der Waals surface area contributed by atoms with Crippen molar-refractivity contribution in [1.82, 2.24) is 0 Å². The zero-order chi connectivity index (χ0) is 28.9. The standard InChI is InChI=1S/C27H20F10O2/c1-2-3-4-5-14-6-7-22(17(28)8-14)38-13-27(36,37)39-16-11-18(29)23(19(30)12-16)26(35)24(33)15-9-20(31)25(34)21(32)10-15/h6-12H,2-5,13H2,1H3/b26-24+. The van der Waals surface area contributed by atoms with Crippen LogP contribution >= 0.6 is 0 Å². The zero-order valence-corrected chi connectivity index (χ0v) is 20.2. The second-order valence-electron chi connectivity index (χ2n) is 8.39. The maximum absolute atomic E-state index is 14.5. The Morgan fingerprint density at radius 2 is 1.36 bits per heavy atom. The molecule has 0 N–H and O–H groups in total. The molecule has 2 nitrogen and oxygen atoms in total. The Morgan fingerprint density at radius 3 is 1.92 bits per heavy atom. The van der Waals surface area contributed by atoms with Gasteiger partial charge in [-0.1, -0.05) is 25.8 Å². The number of hydrogen-bond donors (Lipinski definition) is 0. The van der Waals surface area contributed by atoms with E-state index in [1.807, 2.05) is 6.92 Å². The fourth-order valence-corrected chi connectivity index (χ4v) is 3.50. The van der Waals surface area contributed by atoms with Crippen LogP contribution in [0.4, 0.5) is 43.9 Å². The molecule has 0 unspecified atom stereocenters. The van der Waals surface area contributed by atoms with Crippen molar-refractivity contribution < 1.29 is 53.4 Å². The van der Waals surface area contributed by atoms with E-state index in [-0.39, 0.29) is 24.3 Å². The van der Waals surface area contributed by atoms with Crippen LogP contribution in [-0.4, -0.2) is 12.7 Å². The van der Waals surface area contributed by atoms with Crippen LogP contribution in [0.3, 0.4) is 0 Å². The minimum absolute atomic E-state index is 0.0456. The summed E-state index contributed by atoms with van der Waals surface area (Å²) in [6, 6.07) is 4.04. The van der Waals surface area contributed by atoms with Crippen molar-refractivity contribution in [2.45, 2.75) is 38.7 Å². The molecule has 0 aliphatic heterocycles. The van der Waals surface area contributed by atoms with Crippen LogP contribution in [0.5, 0.6) is 11.5 Å². The fraction of sp³-hybridized carbons (Fsp3) is 0.259. The summed E-state index contributed by atoms with van der Waals surface area (Å²) in [6.07, 6.45) is -0.984. The predicted octanol–water partition coefficient (Wildman–Crippen LogP) is 9.07. The lowest BCUT2D eigenvalue weighted by Gasteiger charge is -2.19. The predicted molar refractivity (Wildman–Crippen MR) is 122 cm³/mol. The van der Waals surface area contributed by atoms with Crippen LogP contribution < -0.4 is 9.47 Å². The van der Waals surface area contributed by atoms with E-state index in [2.05, 4.69) is 4.74 Å². The quantitative estimate of drug-likeness (QED) is 0.0998. The first-order valence-corrected chi connectivity index (χ1v) is 11.5. The highest BCUT2D eigenvalue weighted by atomic mass is 19.3. The van der Waals surface area contributed by atoms with Crippen LogP contribution in [-0.2, 0) is 6.42 Å². The maximum atomic E-state index is 14.5. The Morgan fingerprint density at radius 1 is 0.744 bits per heavy atom. The lowest BCUT2D eigenvalue weighted by molar-refractivity contribution is -0.195. The van der Waals surface area contributed by atoms with Crippen molar-refractivity contribution in [3.63, 3.8) is 0 Å². The monoisotopic (exact) mass is 566 g/mol. The number of benzene rings is 3. The largest absolute Gasteiger partial charge is 0.480 e. The summed E-state index contributed by atoms with van der Waals surface area (Å²) >= 11 is 0. The highest BCUT2D eigenvalue weighted by molar-refractivity contribution is 5.83. The van der Waals surface area contributed by atoms with Gasteiger partial charge in [0, 0.05) is 17.7 Å². The molecule has 0 aliphatic rings. The minimum atomic E-state index is -4.25. The van der Waals surface area contributed by atoms with Gasteiger partial charge in [0.25, 0.3) is 0 Å². The molecular weight excluding hydrogens is 546 g/mol. The topological polar surface area (TPSA) is 18.5 Å². The number of hydrogen-bond acceptors (Lipinski definition) is 2. The summed E-state index contributed by atoms with van der Waals surface area (Å²) in [5.74, 6) is -16.7. The molecule has 12 heteroatoms. The van der Waals surface area contributed by atoms with Crippen molar-refractivity contribution >= 4 is 11.7 Å². The molecule has 0 bridgehead atoms. The summed E-state index contributed by atoms with van der Waals surface area (Å²) < 4.78 is 149. The Labute approximate surface area is 216 Å². The number of rotatable bonds is 11. The Balaban J connectivity index is 1.75. The summed E-state index contributed by atoms with van der Waals surface area (Å²) in [5.41, 5.74) is -2.28. The molecule has 0 aromatic heterocycles. The van der Waals surface area contributed by atoms with Gasteiger partial charge in [-0.15, -0.1) is 0 Å². The second kappa shape index (κ2) is 12.4. The summed E-state index contributed by atoms with van der Waals surface area (Å²) in [7, 11) is 0. The summed E-state index contributed by atoms with van der Waals surface area (Å²) in [4.78, 5) is 0. The molecular formula is C27H20F10O2. The third kappa shape index (κ3) is 7.45. The third-order valence-electron chi connectivity index (χ3n) is 5.39. The second-order valence-corrected chi connectivity index (χ2v) is 8.39. The van der Waals surface area contributed by atoms with Gasteiger partial charge in [0.2, 0.25) is 0 Å². The van der Waals surface area contributed by atoms with Crippen LogP contribution in [0.15, 0.2) is 42.5 Å². The SMILES string of the molecule is CCCCCc1ccc(OCC(F)(F)Oc2cc(F)c(/C(F)=C(\F)c3cc(F)c(F)c(F)c3)c(F)c2)c(F)c1. The molecule has 3 rings (SSSR count). The van der Waals surface area contributed by atoms with Crippen molar-refractivity contribution in [1.29, 1.82) is 0 Å². The van der Waals surface area contributed by atoms with E-state index >= 15 is 0 Å². The fourth-order valence-electron chi connectivity index (χ4n) is 3.50. The highest BCUT2D eigenvalue weighted by Gasteiger charge is 2.34. The Kier molecular flexibility index (Phi) is 9.52. The molecule has 0 radical (unpaired) electrons. The Hall–Kier alpha value is -3.70. The van der Waals surface area contributed by atoms with Gasteiger partial charge >= 0.3 is 6.11 Å². The normalized spacial score (nSPS) is 12.4. The molecule has 0 saturated heterocycles. The maximum Gasteiger partial charge on any atom is 0.433 e. The minimum Gasteiger partial charge on any atom is -0.480 e. The molecule has 0 atom stereocenters. The first kappa shape index (κ1) is 29.9. The molecule has 3 aromatic carbocycles. The number of ether oxygens (including phenoxy) is 2. The highest BCUT2D eigenvalue weighted by Crippen LogP contribution is 2.35. The van der Waals surface area contributed by atoms with E-state index in [1.54, 1.807) is 0 Å². The van der Waals surface area contributed by atoms with Crippen molar-refractivity contribution in [2.24, 2.45) is 0 Å². The van der Waals surface area contributed by atoms with Crippen LogP contribution in [0.25, 0.3) is 11.7 Å². The summed E-state index contributed by atoms with van der Waals surface area (Å²) in [5, 5.41) is 0. The van der Waals surface area contributed by atoms with Gasteiger partial charge in [-0.2, -0.15) is 8.78 Å². The first-order chi connectivity index (χ1) is 18.3. The van der Waals surface area contributed by atoms with E-state index in [0.717, 1.165) is 31.4 Å². The molecule has 0 fully saturated rings. The molecule has 0 aliphatic carbocycles. The van der Waals surface area contributed by atoms with Gasteiger partial charge in [0.05, 0.1) is 5.56 Å². The molecule has 0 saturated carbocycles. The van der Waals surface area contributed by atoms with E-state index in [4.69, 9.17) is 4.74 Å². The van der Waals surface area contributed by atoms with Crippen LogP contribution in [0, 0.1) is 34.9 Å². The third-order valence-corrected chi connectivity index (χ3v) is 5.39. The molecule has 0 amide bonds. The lowest BCUT2D eigenvalue weighted by atomic mass is 10.1. The van der Waals surface area contributed by atoms with Crippen molar-refractivity contribution in [3.05, 3.63) is 94.1 Å². The molecule has 0 spiro atoms. The van der Waals surface area contributed by atoms with Gasteiger partial charge in [0.15, 0.2) is 47.3 Å². The lowest BCUT2D eigenvalue weighted by Crippen LogP contribution is -2.32. The van der Waals surface area contributed by atoms with Crippen molar-refractivity contribution in [2.75, 3.05) is 6.61 Å². The van der Waals surface area contributed by atoms with Gasteiger partial charge in [-0.05, 0) is 42.7 Å². The molecule has 0 heterocycles. The van der Waals surface area contributed by atoms with E-state index in [9.17, 15) is 43.9 Å². The number of aryl methyl sites for hydroxylation is 1. The number of alkyl halides is 2. The van der Waals surface area contributed by atoms with Gasteiger partial charge in [-0.25, -0.2) is 35.1 Å². The zero-order valence-electron chi connectivity index (χ0n) is 20.2. The average Bonchev–Trinajstić information content (AvgIpc) is 2.85. The van der Waals surface area contributed by atoms with Crippen LogP contribution in [0.2, 0.25) is 0 Å². The number of unbranched alkanes of at least 4 members (excludes halogenated alkanes) is 2. The van der Waals surface area contributed by atoms with E-state index in [1.165, 1.54) is 6.07 Å². The van der Waals surface area contributed by atoms with Gasteiger partial charge < -0.3 is 9.47 Å². The van der Waals surface area contributed by atoms with Gasteiger partial charge in [0.1, 0.15) is 17.4 Å². The molecule has 210 valence electrons. The van der Waals surface area contributed by atoms with E-state index in [0.29, 0.717) is 12.0 Å². The molecule has 3 aromatic rings. The average molecular weight is 566 g/mol. The Bertz CT molecular complexity index is 1320. The molecule has 39 heavy (non-hydrogen) atoms.